The SMILES string of the molecule is Cc1ccccc1CC(C)NCc1cc(C#N)cs1. The van der Waals surface area contributed by atoms with Crippen LogP contribution in [0.3, 0.4) is 0 Å². The van der Waals surface area contributed by atoms with E-state index in [2.05, 4.69) is 49.5 Å². The van der Waals surface area contributed by atoms with E-state index in [1.165, 1.54) is 16.0 Å². The third kappa shape index (κ3) is 3.92. The van der Waals surface area contributed by atoms with E-state index in [4.69, 9.17) is 5.26 Å². The van der Waals surface area contributed by atoms with Crippen LogP contribution in [0.2, 0.25) is 0 Å². The topological polar surface area (TPSA) is 35.8 Å². The fraction of sp³-hybridized carbons (Fsp3) is 0.312. The summed E-state index contributed by atoms with van der Waals surface area (Å²) in [6.07, 6.45) is 1.03. The van der Waals surface area contributed by atoms with Crippen molar-refractivity contribution >= 4 is 11.3 Å². The molecule has 0 aliphatic rings. The third-order valence-electron chi connectivity index (χ3n) is 3.19. The molecule has 2 nitrogen and oxygen atoms in total. The Balaban J connectivity index is 1.87. The first kappa shape index (κ1) is 13.8. The summed E-state index contributed by atoms with van der Waals surface area (Å²) in [5, 5.41) is 14.2. The van der Waals surface area contributed by atoms with E-state index in [1.807, 2.05) is 11.4 Å². The molecular formula is C16H18N2S. The van der Waals surface area contributed by atoms with Gasteiger partial charge in [0, 0.05) is 22.8 Å². The lowest BCUT2D eigenvalue weighted by atomic mass is 10.0. The molecule has 1 aromatic carbocycles. The van der Waals surface area contributed by atoms with Gasteiger partial charge >= 0.3 is 0 Å². The predicted molar refractivity (Wildman–Crippen MR) is 80.2 cm³/mol. The van der Waals surface area contributed by atoms with Crippen molar-refractivity contribution in [3.05, 3.63) is 57.3 Å². The quantitative estimate of drug-likeness (QED) is 0.900. The summed E-state index contributed by atoms with van der Waals surface area (Å²) < 4.78 is 0. The third-order valence-corrected chi connectivity index (χ3v) is 4.13. The van der Waals surface area contributed by atoms with Gasteiger partial charge in [-0.15, -0.1) is 11.3 Å². The summed E-state index contributed by atoms with van der Waals surface area (Å²) in [5.74, 6) is 0. The number of hydrogen-bond donors (Lipinski definition) is 1. The van der Waals surface area contributed by atoms with Gasteiger partial charge < -0.3 is 5.32 Å². The zero-order valence-corrected chi connectivity index (χ0v) is 12.1. The molecule has 3 heteroatoms. The number of rotatable bonds is 5. The van der Waals surface area contributed by atoms with E-state index in [1.54, 1.807) is 11.3 Å². The molecule has 1 atom stereocenters. The van der Waals surface area contributed by atoms with Crippen LogP contribution in [0.5, 0.6) is 0 Å². The van der Waals surface area contributed by atoms with Crippen LogP contribution in [0, 0.1) is 18.3 Å². The summed E-state index contributed by atoms with van der Waals surface area (Å²) >= 11 is 1.64. The summed E-state index contributed by atoms with van der Waals surface area (Å²) in [6.45, 7) is 5.19. The molecule has 19 heavy (non-hydrogen) atoms. The van der Waals surface area contributed by atoms with Crippen molar-refractivity contribution in [3.63, 3.8) is 0 Å². The second kappa shape index (κ2) is 6.51. The molecule has 98 valence electrons. The highest BCUT2D eigenvalue weighted by atomic mass is 32.1. The second-order valence-electron chi connectivity index (χ2n) is 4.83. The molecule has 1 N–H and O–H groups in total. The van der Waals surface area contributed by atoms with Gasteiger partial charge in [0.25, 0.3) is 0 Å². The number of nitrogens with zero attached hydrogens (tertiary/aromatic N) is 1. The Labute approximate surface area is 118 Å². The van der Waals surface area contributed by atoms with Crippen LogP contribution < -0.4 is 5.32 Å². The number of thiophene rings is 1. The summed E-state index contributed by atoms with van der Waals surface area (Å²) in [5.41, 5.74) is 3.50. The Bertz CT molecular complexity index is 580. The van der Waals surface area contributed by atoms with Crippen LogP contribution in [0.25, 0.3) is 0 Å². The summed E-state index contributed by atoms with van der Waals surface area (Å²) in [4.78, 5) is 1.22. The van der Waals surface area contributed by atoms with Gasteiger partial charge in [0.05, 0.1) is 5.56 Å². The minimum absolute atomic E-state index is 0.425. The zero-order chi connectivity index (χ0) is 13.7. The number of aryl methyl sites for hydroxylation is 1. The van der Waals surface area contributed by atoms with Gasteiger partial charge in [-0.2, -0.15) is 5.26 Å². The molecule has 1 aromatic heterocycles. The van der Waals surface area contributed by atoms with Crippen molar-refractivity contribution < 1.29 is 0 Å². The largest absolute Gasteiger partial charge is 0.309 e. The summed E-state index contributed by atoms with van der Waals surface area (Å²) in [6, 6.07) is 13.1. The normalized spacial score (nSPS) is 12.1. The van der Waals surface area contributed by atoms with Crippen LogP contribution in [0.1, 0.15) is 28.5 Å². The highest BCUT2D eigenvalue weighted by Gasteiger charge is 2.06. The van der Waals surface area contributed by atoms with Crippen molar-refractivity contribution in [2.45, 2.75) is 32.9 Å². The van der Waals surface area contributed by atoms with E-state index < -0.39 is 0 Å². The number of nitriles is 1. The molecule has 1 unspecified atom stereocenters. The fourth-order valence-electron chi connectivity index (χ4n) is 2.05. The Morgan fingerprint density at radius 3 is 2.84 bits per heavy atom. The smallest absolute Gasteiger partial charge is 0.100 e. The molecule has 1 heterocycles. The number of nitrogens with one attached hydrogen (secondary N) is 1. The van der Waals surface area contributed by atoms with Crippen molar-refractivity contribution in [2.75, 3.05) is 0 Å². The molecule has 0 spiro atoms. The Kier molecular flexibility index (Phi) is 4.73. The van der Waals surface area contributed by atoms with E-state index in [0.717, 1.165) is 18.5 Å². The van der Waals surface area contributed by atoms with Crippen LogP contribution in [-0.4, -0.2) is 6.04 Å². The molecule has 0 bridgehead atoms. The molecule has 0 aliphatic heterocycles. The van der Waals surface area contributed by atoms with Crippen LogP contribution in [0.15, 0.2) is 35.7 Å². The molecule has 0 saturated heterocycles. The van der Waals surface area contributed by atoms with Gasteiger partial charge in [-0.25, -0.2) is 0 Å². The van der Waals surface area contributed by atoms with Crippen molar-refractivity contribution in [3.8, 4) is 6.07 Å². The van der Waals surface area contributed by atoms with Gasteiger partial charge in [0.1, 0.15) is 6.07 Å². The minimum Gasteiger partial charge on any atom is -0.309 e. The van der Waals surface area contributed by atoms with Crippen molar-refractivity contribution in [1.29, 1.82) is 5.26 Å². The molecule has 0 aliphatic carbocycles. The minimum atomic E-state index is 0.425. The number of hydrogen-bond acceptors (Lipinski definition) is 3. The Morgan fingerprint density at radius 2 is 2.16 bits per heavy atom. The standard InChI is InChI=1S/C16H18N2S/c1-12-5-3-4-6-15(12)7-13(2)18-10-16-8-14(9-17)11-19-16/h3-6,8,11,13,18H,7,10H2,1-2H3. The van der Waals surface area contributed by atoms with E-state index in [0.29, 0.717) is 6.04 Å². The first-order valence-electron chi connectivity index (χ1n) is 6.44. The fourth-order valence-corrected chi connectivity index (χ4v) is 2.81. The maximum atomic E-state index is 8.79. The van der Waals surface area contributed by atoms with Crippen LogP contribution in [-0.2, 0) is 13.0 Å². The Hall–Kier alpha value is -1.63. The van der Waals surface area contributed by atoms with Gasteiger partial charge in [-0.05, 0) is 37.5 Å². The molecule has 2 aromatic rings. The highest BCUT2D eigenvalue weighted by molar-refractivity contribution is 7.10. The highest BCUT2D eigenvalue weighted by Crippen LogP contribution is 2.14. The monoisotopic (exact) mass is 270 g/mol. The van der Waals surface area contributed by atoms with Gasteiger partial charge in [-0.1, -0.05) is 24.3 Å². The van der Waals surface area contributed by atoms with Gasteiger partial charge in [-0.3, -0.25) is 0 Å². The maximum Gasteiger partial charge on any atom is 0.100 e. The van der Waals surface area contributed by atoms with Crippen molar-refractivity contribution in [2.24, 2.45) is 0 Å². The van der Waals surface area contributed by atoms with Gasteiger partial charge in [0.15, 0.2) is 0 Å². The van der Waals surface area contributed by atoms with E-state index in [9.17, 15) is 0 Å². The average Bonchev–Trinajstić information content (AvgIpc) is 2.87. The van der Waals surface area contributed by atoms with Crippen LogP contribution >= 0.6 is 11.3 Å². The van der Waals surface area contributed by atoms with Crippen LogP contribution in [0.4, 0.5) is 0 Å². The lowest BCUT2D eigenvalue weighted by Crippen LogP contribution is -2.27. The lowest BCUT2D eigenvalue weighted by molar-refractivity contribution is 0.548. The first-order chi connectivity index (χ1) is 9.19. The molecular weight excluding hydrogens is 252 g/mol. The average molecular weight is 270 g/mol. The molecule has 0 radical (unpaired) electrons. The van der Waals surface area contributed by atoms with E-state index in [-0.39, 0.29) is 0 Å². The number of benzene rings is 1. The zero-order valence-electron chi connectivity index (χ0n) is 11.3. The lowest BCUT2D eigenvalue weighted by Gasteiger charge is -2.14. The first-order valence-corrected chi connectivity index (χ1v) is 7.32. The summed E-state index contributed by atoms with van der Waals surface area (Å²) in [7, 11) is 0. The van der Waals surface area contributed by atoms with Gasteiger partial charge in [0.2, 0.25) is 0 Å². The second-order valence-corrected chi connectivity index (χ2v) is 5.82. The molecule has 0 saturated carbocycles. The Morgan fingerprint density at radius 1 is 1.37 bits per heavy atom. The molecule has 0 amide bonds. The molecule has 2 rings (SSSR count). The van der Waals surface area contributed by atoms with E-state index >= 15 is 0 Å². The molecule has 0 fully saturated rings. The maximum absolute atomic E-state index is 8.79. The van der Waals surface area contributed by atoms with Crippen molar-refractivity contribution in [1.82, 2.24) is 5.32 Å². The predicted octanol–water partition coefficient (Wildman–Crippen LogP) is 3.65.